The van der Waals surface area contributed by atoms with Gasteiger partial charge in [0.25, 0.3) is 0 Å². The Balaban J connectivity index is 4.23. The maximum atomic E-state index is 5.49. The number of nitrogens with one attached hydrogen (secondary N) is 1. The first-order valence-electron chi connectivity index (χ1n) is 4.41. The van der Waals surface area contributed by atoms with Crippen LogP contribution in [0, 0.1) is 11.3 Å². The summed E-state index contributed by atoms with van der Waals surface area (Å²) in [4.78, 5) is 0. The molecule has 0 aliphatic heterocycles. The SMILES string of the molecule is CCC(C)(C)C(NN)C(C)C. The molecule has 0 bridgehead atoms. The smallest absolute Gasteiger partial charge is 0.0284 e. The van der Waals surface area contributed by atoms with Crippen LogP contribution >= 0.6 is 0 Å². The molecular weight excluding hydrogens is 136 g/mol. The number of nitrogens with two attached hydrogens (primary N) is 1. The highest BCUT2D eigenvalue weighted by Crippen LogP contribution is 2.28. The molecule has 0 saturated heterocycles. The van der Waals surface area contributed by atoms with Gasteiger partial charge in [0.15, 0.2) is 0 Å². The van der Waals surface area contributed by atoms with Crippen LogP contribution < -0.4 is 11.3 Å². The van der Waals surface area contributed by atoms with E-state index in [0.29, 0.717) is 17.4 Å². The van der Waals surface area contributed by atoms with Crippen LogP contribution in [0.3, 0.4) is 0 Å². The summed E-state index contributed by atoms with van der Waals surface area (Å²) >= 11 is 0. The van der Waals surface area contributed by atoms with E-state index in [1.165, 1.54) is 0 Å². The van der Waals surface area contributed by atoms with Crippen molar-refractivity contribution in [2.75, 3.05) is 0 Å². The Kier molecular flexibility index (Phi) is 4.04. The van der Waals surface area contributed by atoms with E-state index in [4.69, 9.17) is 5.84 Å². The fourth-order valence-electron chi connectivity index (χ4n) is 1.54. The van der Waals surface area contributed by atoms with Crippen LogP contribution in [-0.2, 0) is 0 Å². The van der Waals surface area contributed by atoms with E-state index >= 15 is 0 Å². The molecule has 1 atom stereocenters. The Morgan fingerprint density at radius 1 is 1.36 bits per heavy atom. The third kappa shape index (κ3) is 2.80. The molecule has 0 aliphatic rings. The van der Waals surface area contributed by atoms with Crippen molar-refractivity contribution >= 4 is 0 Å². The predicted molar refractivity (Wildman–Crippen MR) is 50.0 cm³/mol. The molecule has 0 heterocycles. The van der Waals surface area contributed by atoms with E-state index in [9.17, 15) is 0 Å². The molecule has 11 heavy (non-hydrogen) atoms. The first-order chi connectivity index (χ1) is 4.95. The van der Waals surface area contributed by atoms with Gasteiger partial charge in [-0.25, -0.2) is 0 Å². The first kappa shape index (κ1) is 10.9. The van der Waals surface area contributed by atoms with Gasteiger partial charge in [0.05, 0.1) is 0 Å². The standard InChI is InChI=1S/C9H22N2/c1-6-9(4,5)8(11-10)7(2)3/h7-8,11H,6,10H2,1-5H3. The molecule has 2 nitrogen and oxygen atoms in total. The molecule has 0 amide bonds. The third-order valence-corrected chi connectivity index (χ3v) is 2.60. The lowest BCUT2D eigenvalue weighted by molar-refractivity contribution is 0.184. The quantitative estimate of drug-likeness (QED) is 0.484. The summed E-state index contributed by atoms with van der Waals surface area (Å²) in [6.07, 6.45) is 1.15. The Morgan fingerprint density at radius 2 is 1.82 bits per heavy atom. The van der Waals surface area contributed by atoms with Crippen molar-refractivity contribution < 1.29 is 0 Å². The van der Waals surface area contributed by atoms with Gasteiger partial charge in [-0.15, -0.1) is 0 Å². The van der Waals surface area contributed by atoms with E-state index < -0.39 is 0 Å². The second kappa shape index (κ2) is 4.07. The molecule has 0 spiro atoms. The fraction of sp³-hybridized carbons (Fsp3) is 1.00. The van der Waals surface area contributed by atoms with Gasteiger partial charge in [-0.05, 0) is 17.8 Å². The number of hydrazine groups is 1. The normalized spacial score (nSPS) is 15.5. The van der Waals surface area contributed by atoms with Crippen LogP contribution in [0.25, 0.3) is 0 Å². The lowest BCUT2D eigenvalue weighted by Gasteiger charge is -2.35. The number of rotatable bonds is 4. The summed E-state index contributed by atoms with van der Waals surface area (Å²) in [6, 6.07) is 0.410. The maximum Gasteiger partial charge on any atom is 0.0284 e. The van der Waals surface area contributed by atoms with Crippen LogP contribution in [0.1, 0.15) is 41.0 Å². The van der Waals surface area contributed by atoms with Gasteiger partial charge >= 0.3 is 0 Å². The lowest BCUT2D eigenvalue weighted by Crippen LogP contribution is -2.48. The molecule has 0 aromatic carbocycles. The van der Waals surface area contributed by atoms with E-state index in [2.05, 4.69) is 40.0 Å². The maximum absolute atomic E-state index is 5.49. The van der Waals surface area contributed by atoms with E-state index in [1.54, 1.807) is 0 Å². The molecule has 68 valence electrons. The summed E-state index contributed by atoms with van der Waals surface area (Å²) in [6.45, 7) is 11.1. The molecular formula is C9H22N2. The lowest BCUT2D eigenvalue weighted by atomic mass is 9.77. The zero-order chi connectivity index (χ0) is 9.07. The van der Waals surface area contributed by atoms with Crippen molar-refractivity contribution in [3.05, 3.63) is 0 Å². The number of hydrogen-bond donors (Lipinski definition) is 2. The van der Waals surface area contributed by atoms with Gasteiger partial charge in [-0.2, -0.15) is 0 Å². The Bertz CT molecular complexity index is 108. The molecule has 0 aromatic rings. The minimum absolute atomic E-state index is 0.295. The minimum atomic E-state index is 0.295. The summed E-state index contributed by atoms with van der Waals surface area (Å²) in [5.41, 5.74) is 3.19. The van der Waals surface area contributed by atoms with E-state index in [1.807, 2.05) is 0 Å². The molecule has 0 rings (SSSR count). The van der Waals surface area contributed by atoms with Crippen molar-refractivity contribution in [2.24, 2.45) is 17.2 Å². The van der Waals surface area contributed by atoms with Crippen LogP contribution in [0.15, 0.2) is 0 Å². The molecule has 0 aromatic heterocycles. The molecule has 2 heteroatoms. The van der Waals surface area contributed by atoms with Gasteiger partial charge in [0, 0.05) is 6.04 Å². The second-order valence-corrected chi connectivity index (χ2v) is 4.23. The highest BCUT2D eigenvalue weighted by Gasteiger charge is 2.28. The van der Waals surface area contributed by atoms with Gasteiger partial charge in [-0.1, -0.05) is 34.6 Å². The zero-order valence-electron chi connectivity index (χ0n) is 8.44. The third-order valence-electron chi connectivity index (χ3n) is 2.60. The predicted octanol–water partition coefficient (Wildman–Crippen LogP) is 1.91. The van der Waals surface area contributed by atoms with Gasteiger partial charge in [-0.3, -0.25) is 11.3 Å². The molecule has 0 fully saturated rings. The average molecular weight is 158 g/mol. The second-order valence-electron chi connectivity index (χ2n) is 4.23. The summed E-state index contributed by atoms with van der Waals surface area (Å²) in [5, 5.41) is 0. The van der Waals surface area contributed by atoms with Crippen LogP contribution in [0.2, 0.25) is 0 Å². The highest BCUT2D eigenvalue weighted by atomic mass is 15.2. The van der Waals surface area contributed by atoms with Crippen molar-refractivity contribution in [2.45, 2.75) is 47.1 Å². The van der Waals surface area contributed by atoms with Crippen molar-refractivity contribution in [1.82, 2.24) is 5.43 Å². The average Bonchev–Trinajstić information content (AvgIpc) is 1.88. The van der Waals surface area contributed by atoms with E-state index in [0.717, 1.165) is 6.42 Å². The van der Waals surface area contributed by atoms with Crippen molar-refractivity contribution in [3.8, 4) is 0 Å². The Labute approximate surface area is 70.5 Å². The minimum Gasteiger partial charge on any atom is -0.271 e. The summed E-state index contributed by atoms with van der Waals surface area (Å²) in [5.74, 6) is 6.08. The van der Waals surface area contributed by atoms with E-state index in [-0.39, 0.29) is 0 Å². The van der Waals surface area contributed by atoms with Crippen LogP contribution in [0.5, 0.6) is 0 Å². The van der Waals surface area contributed by atoms with Crippen molar-refractivity contribution in [3.63, 3.8) is 0 Å². The van der Waals surface area contributed by atoms with Crippen LogP contribution in [-0.4, -0.2) is 6.04 Å². The molecule has 0 radical (unpaired) electrons. The topological polar surface area (TPSA) is 38.0 Å². The van der Waals surface area contributed by atoms with Gasteiger partial charge < -0.3 is 0 Å². The Morgan fingerprint density at radius 3 is 1.91 bits per heavy atom. The number of hydrogen-bond acceptors (Lipinski definition) is 2. The monoisotopic (exact) mass is 158 g/mol. The largest absolute Gasteiger partial charge is 0.271 e. The summed E-state index contributed by atoms with van der Waals surface area (Å²) < 4.78 is 0. The molecule has 0 saturated carbocycles. The summed E-state index contributed by atoms with van der Waals surface area (Å²) in [7, 11) is 0. The van der Waals surface area contributed by atoms with Gasteiger partial charge in [0.2, 0.25) is 0 Å². The first-order valence-corrected chi connectivity index (χ1v) is 4.41. The molecule has 1 unspecified atom stereocenters. The van der Waals surface area contributed by atoms with Gasteiger partial charge in [0.1, 0.15) is 0 Å². The molecule has 3 N–H and O–H groups in total. The van der Waals surface area contributed by atoms with Crippen molar-refractivity contribution in [1.29, 1.82) is 0 Å². The fourth-order valence-corrected chi connectivity index (χ4v) is 1.54. The zero-order valence-corrected chi connectivity index (χ0v) is 8.44. The molecule has 0 aliphatic carbocycles. The Hall–Kier alpha value is -0.0800. The van der Waals surface area contributed by atoms with Crippen LogP contribution in [0.4, 0.5) is 0 Å². The highest BCUT2D eigenvalue weighted by molar-refractivity contribution is 4.83.